The standard InChI is InChI=1S/C11H18F3N3S/c1-8(2)7-15-5-3-4-9-16-17-10(18-9)6-11(12,13)14/h8,15H,3-7H2,1-2H3. The molecular weight excluding hydrogens is 263 g/mol. The lowest BCUT2D eigenvalue weighted by molar-refractivity contribution is -0.127. The molecule has 1 aromatic rings. The molecule has 0 spiro atoms. The van der Waals surface area contributed by atoms with E-state index in [1.54, 1.807) is 0 Å². The number of aromatic nitrogens is 2. The maximum atomic E-state index is 12.1. The summed E-state index contributed by atoms with van der Waals surface area (Å²) in [5, 5.41) is 11.3. The zero-order valence-electron chi connectivity index (χ0n) is 10.5. The van der Waals surface area contributed by atoms with Gasteiger partial charge in [-0.1, -0.05) is 13.8 Å². The van der Waals surface area contributed by atoms with Crippen molar-refractivity contribution >= 4 is 11.3 Å². The van der Waals surface area contributed by atoms with Crippen molar-refractivity contribution in [3.8, 4) is 0 Å². The van der Waals surface area contributed by atoms with Crippen LogP contribution in [-0.2, 0) is 12.8 Å². The van der Waals surface area contributed by atoms with Crippen molar-refractivity contribution < 1.29 is 13.2 Å². The fourth-order valence-electron chi connectivity index (χ4n) is 1.39. The highest BCUT2D eigenvalue weighted by atomic mass is 32.1. The molecule has 0 fully saturated rings. The number of nitrogens with zero attached hydrogens (tertiary/aromatic N) is 2. The highest BCUT2D eigenvalue weighted by Crippen LogP contribution is 2.23. The molecule has 0 aliphatic heterocycles. The second-order valence-electron chi connectivity index (χ2n) is 4.58. The van der Waals surface area contributed by atoms with E-state index in [9.17, 15) is 13.2 Å². The predicted molar refractivity (Wildman–Crippen MR) is 65.7 cm³/mol. The maximum absolute atomic E-state index is 12.1. The molecule has 0 saturated heterocycles. The third-order valence-electron chi connectivity index (χ3n) is 2.16. The molecule has 1 heterocycles. The van der Waals surface area contributed by atoms with Crippen molar-refractivity contribution in [2.75, 3.05) is 13.1 Å². The predicted octanol–water partition coefficient (Wildman–Crippen LogP) is 2.82. The molecule has 0 aliphatic rings. The van der Waals surface area contributed by atoms with Gasteiger partial charge in [-0.25, -0.2) is 0 Å². The molecule has 3 nitrogen and oxygen atoms in total. The average Bonchev–Trinajstić information content (AvgIpc) is 2.62. The van der Waals surface area contributed by atoms with Gasteiger partial charge in [-0.3, -0.25) is 0 Å². The molecule has 104 valence electrons. The smallest absolute Gasteiger partial charge is 0.316 e. The number of nitrogens with one attached hydrogen (secondary N) is 1. The first-order chi connectivity index (χ1) is 8.37. The number of rotatable bonds is 7. The van der Waals surface area contributed by atoms with Gasteiger partial charge in [-0.2, -0.15) is 13.2 Å². The van der Waals surface area contributed by atoms with Crippen LogP contribution in [0.4, 0.5) is 13.2 Å². The zero-order valence-corrected chi connectivity index (χ0v) is 11.4. The minimum Gasteiger partial charge on any atom is -0.316 e. The molecule has 0 unspecified atom stereocenters. The largest absolute Gasteiger partial charge is 0.395 e. The third kappa shape index (κ3) is 6.90. The van der Waals surface area contributed by atoms with Gasteiger partial charge in [0.2, 0.25) is 0 Å². The molecule has 1 N–H and O–H groups in total. The first kappa shape index (κ1) is 15.4. The van der Waals surface area contributed by atoms with Crippen molar-refractivity contribution in [2.24, 2.45) is 5.92 Å². The fraction of sp³-hybridized carbons (Fsp3) is 0.818. The Bertz CT molecular complexity index is 350. The SMILES string of the molecule is CC(C)CNCCCc1nnc(CC(F)(F)F)s1. The topological polar surface area (TPSA) is 37.8 Å². The summed E-state index contributed by atoms with van der Waals surface area (Å²) in [6, 6.07) is 0. The summed E-state index contributed by atoms with van der Waals surface area (Å²) < 4.78 is 36.3. The van der Waals surface area contributed by atoms with Crippen LogP contribution in [0.25, 0.3) is 0 Å². The Morgan fingerprint density at radius 1 is 1.22 bits per heavy atom. The summed E-state index contributed by atoms with van der Waals surface area (Å²) >= 11 is 1.05. The van der Waals surface area contributed by atoms with Crippen LogP contribution in [0.5, 0.6) is 0 Å². The van der Waals surface area contributed by atoms with Crippen molar-refractivity contribution in [2.45, 2.75) is 39.3 Å². The Morgan fingerprint density at radius 2 is 1.89 bits per heavy atom. The number of aryl methyl sites for hydroxylation is 1. The monoisotopic (exact) mass is 281 g/mol. The van der Waals surface area contributed by atoms with Crippen LogP contribution in [0.3, 0.4) is 0 Å². The lowest BCUT2D eigenvalue weighted by Crippen LogP contribution is -2.21. The molecule has 0 bridgehead atoms. The number of halogens is 3. The molecule has 0 amide bonds. The van der Waals surface area contributed by atoms with E-state index in [4.69, 9.17) is 0 Å². The van der Waals surface area contributed by atoms with Crippen molar-refractivity contribution in [3.63, 3.8) is 0 Å². The van der Waals surface area contributed by atoms with Crippen LogP contribution in [0, 0.1) is 5.92 Å². The first-order valence-electron chi connectivity index (χ1n) is 5.95. The molecule has 1 aromatic heterocycles. The van der Waals surface area contributed by atoms with Gasteiger partial charge < -0.3 is 5.32 Å². The van der Waals surface area contributed by atoms with Gasteiger partial charge >= 0.3 is 6.18 Å². The average molecular weight is 281 g/mol. The molecular formula is C11H18F3N3S. The lowest BCUT2D eigenvalue weighted by Gasteiger charge is -2.05. The van der Waals surface area contributed by atoms with Gasteiger partial charge in [0.1, 0.15) is 10.0 Å². The van der Waals surface area contributed by atoms with E-state index in [0.717, 1.165) is 30.8 Å². The second-order valence-corrected chi connectivity index (χ2v) is 5.73. The van der Waals surface area contributed by atoms with Crippen LogP contribution >= 0.6 is 11.3 Å². The van der Waals surface area contributed by atoms with Crippen LogP contribution < -0.4 is 5.32 Å². The first-order valence-corrected chi connectivity index (χ1v) is 6.77. The summed E-state index contributed by atoms with van der Waals surface area (Å²) in [6.07, 6.45) is -3.63. The Hall–Kier alpha value is -0.690. The molecule has 0 saturated carbocycles. The zero-order chi connectivity index (χ0) is 13.6. The molecule has 1 rings (SSSR count). The van der Waals surface area contributed by atoms with E-state index in [-0.39, 0.29) is 5.01 Å². The van der Waals surface area contributed by atoms with Gasteiger partial charge in [0.25, 0.3) is 0 Å². The summed E-state index contributed by atoms with van der Waals surface area (Å²) in [6.45, 7) is 6.06. The molecule has 0 atom stereocenters. The highest BCUT2D eigenvalue weighted by molar-refractivity contribution is 7.11. The second kappa shape index (κ2) is 7.04. The lowest BCUT2D eigenvalue weighted by atomic mass is 10.2. The van der Waals surface area contributed by atoms with E-state index in [2.05, 4.69) is 29.4 Å². The Morgan fingerprint density at radius 3 is 2.50 bits per heavy atom. The van der Waals surface area contributed by atoms with Crippen LogP contribution in [-0.4, -0.2) is 29.5 Å². The molecule has 18 heavy (non-hydrogen) atoms. The Labute approximate surface area is 109 Å². The normalized spacial score (nSPS) is 12.3. The van der Waals surface area contributed by atoms with Crippen LogP contribution in [0.2, 0.25) is 0 Å². The Balaban J connectivity index is 2.23. The quantitative estimate of drug-likeness (QED) is 0.781. The summed E-state index contributed by atoms with van der Waals surface area (Å²) in [5.74, 6) is 0.602. The number of alkyl halides is 3. The fourth-order valence-corrected chi connectivity index (χ4v) is 2.31. The number of hydrogen-bond donors (Lipinski definition) is 1. The van der Waals surface area contributed by atoms with Crippen molar-refractivity contribution in [1.82, 2.24) is 15.5 Å². The summed E-state index contributed by atoms with van der Waals surface area (Å²) in [7, 11) is 0. The molecule has 7 heteroatoms. The highest BCUT2D eigenvalue weighted by Gasteiger charge is 2.29. The van der Waals surface area contributed by atoms with Crippen LogP contribution in [0.15, 0.2) is 0 Å². The van der Waals surface area contributed by atoms with Crippen molar-refractivity contribution in [3.05, 3.63) is 10.0 Å². The molecule has 0 radical (unpaired) electrons. The van der Waals surface area contributed by atoms with E-state index >= 15 is 0 Å². The van der Waals surface area contributed by atoms with Crippen molar-refractivity contribution in [1.29, 1.82) is 0 Å². The maximum Gasteiger partial charge on any atom is 0.395 e. The minimum atomic E-state index is -4.20. The Kier molecular flexibility index (Phi) is 6.01. The van der Waals surface area contributed by atoms with E-state index in [1.807, 2.05) is 0 Å². The van der Waals surface area contributed by atoms with Gasteiger partial charge in [-0.15, -0.1) is 21.5 Å². The molecule has 0 aromatic carbocycles. The van der Waals surface area contributed by atoms with Gasteiger partial charge in [0.15, 0.2) is 0 Å². The van der Waals surface area contributed by atoms with Crippen LogP contribution in [0.1, 0.15) is 30.3 Å². The van der Waals surface area contributed by atoms with Gasteiger partial charge in [-0.05, 0) is 25.4 Å². The minimum absolute atomic E-state index is 0.0487. The molecule has 0 aliphatic carbocycles. The van der Waals surface area contributed by atoms with Gasteiger partial charge in [0, 0.05) is 6.42 Å². The third-order valence-corrected chi connectivity index (χ3v) is 3.14. The summed E-state index contributed by atoms with van der Waals surface area (Å²) in [5.41, 5.74) is 0. The van der Waals surface area contributed by atoms with E-state index in [0.29, 0.717) is 17.3 Å². The van der Waals surface area contributed by atoms with Gasteiger partial charge in [0.05, 0.1) is 6.42 Å². The van der Waals surface area contributed by atoms with E-state index < -0.39 is 12.6 Å². The number of hydrogen-bond acceptors (Lipinski definition) is 4. The summed E-state index contributed by atoms with van der Waals surface area (Å²) in [4.78, 5) is 0. The van der Waals surface area contributed by atoms with E-state index in [1.165, 1.54) is 0 Å².